The van der Waals surface area contributed by atoms with E-state index < -0.39 is 0 Å². The van der Waals surface area contributed by atoms with Gasteiger partial charge in [0.05, 0.1) is 5.56 Å². The lowest BCUT2D eigenvalue weighted by Gasteiger charge is -2.32. The summed E-state index contributed by atoms with van der Waals surface area (Å²) >= 11 is 0. The second-order valence-corrected chi connectivity index (χ2v) is 5.47. The highest BCUT2D eigenvalue weighted by Gasteiger charge is 2.14. The smallest absolute Gasteiger partial charge is 0.321 e. The fourth-order valence-corrected chi connectivity index (χ4v) is 2.44. The molecule has 2 aromatic rings. The maximum atomic E-state index is 13.7. The molecule has 0 atom stereocenters. The highest BCUT2D eigenvalue weighted by Crippen LogP contribution is 2.20. The summed E-state index contributed by atoms with van der Waals surface area (Å²) in [7, 11) is 2.14. The van der Waals surface area contributed by atoms with Crippen molar-refractivity contribution in [3.8, 4) is 11.4 Å². The molecule has 0 spiro atoms. The van der Waals surface area contributed by atoms with Crippen molar-refractivity contribution in [2.75, 3.05) is 51.6 Å². The minimum absolute atomic E-state index is 0.264. The molecule has 1 N–H and O–H groups in total. The van der Waals surface area contributed by atoms with Crippen LogP contribution < -0.4 is 5.32 Å². The van der Waals surface area contributed by atoms with Crippen LogP contribution in [0.25, 0.3) is 11.4 Å². The first-order valence-corrected chi connectivity index (χ1v) is 7.46. The molecule has 0 unspecified atom stereocenters. The van der Waals surface area contributed by atoms with Gasteiger partial charge < -0.3 is 14.7 Å². The van der Waals surface area contributed by atoms with Gasteiger partial charge in [0.1, 0.15) is 5.82 Å². The second-order valence-electron chi connectivity index (χ2n) is 5.47. The molecule has 1 fully saturated rings. The van der Waals surface area contributed by atoms with Crippen molar-refractivity contribution in [1.29, 1.82) is 0 Å². The van der Waals surface area contributed by atoms with Gasteiger partial charge in [-0.15, -0.1) is 0 Å². The number of nitrogens with one attached hydrogen (secondary N) is 1. The largest absolute Gasteiger partial charge is 0.336 e. The van der Waals surface area contributed by atoms with Crippen LogP contribution in [0.15, 0.2) is 28.8 Å². The van der Waals surface area contributed by atoms with Crippen LogP contribution in [0.2, 0.25) is 0 Å². The standard InChI is InChI=1S/C15H20FN5O/c1-20-8-10-21(11-9-20)7-6-17-15-18-14(19-22-15)12-4-2-3-5-13(12)16/h2-5H,6-11H2,1H3,(H,17,18,19). The number of piperazine rings is 1. The van der Waals surface area contributed by atoms with E-state index >= 15 is 0 Å². The number of hydrogen-bond donors (Lipinski definition) is 1. The number of hydrogen-bond acceptors (Lipinski definition) is 6. The van der Waals surface area contributed by atoms with E-state index in [4.69, 9.17) is 4.52 Å². The Kier molecular flexibility index (Phi) is 4.65. The molecule has 1 saturated heterocycles. The van der Waals surface area contributed by atoms with Gasteiger partial charge in [-0.25, -0.2) is 4.39 Å². The molecular formula is C15H20FN5O. The summed E-state index contributed by atoms with van der Waals surface area (Å²) in [6, 6.07) is 6.72. The quantitative estimate of drug-likeness (QED) is 0.904. The van der Waals surface area contributed by atoms with Gasteiger partial charge in [-0.2, -0.15) is 4.98 Å². The summed E-state index contributed by atoms with van der Waals surface area (Å²) in [5.41, 5.74) is 0.346. The summed E-state index contributed by atoms with van der Waals surface area (Å²) < 4.78 is 18.8. The monoisotopic (exact) mass is 305 g/mol. The van der Waals surface area contributed by atoms with Crippen molar-refractivity contribution in [3.05, 3.63) is 30.1 Å². The lowest BCUT2D eigenvalue weighted by atomic mass is 10.2. The Morgan fingerprint density at radius 3 is 2.77 bits per heavy atom. The van der Waals surface area contributed by atoms with Crippen molar-refractivity contribution < 1.29 is 8.91 Å². The number of aromatic nitrogens is 2. The van der Waals surface area contributed by atoms with Crippen LogP contribution in [0.4, 0.5) is 10.4 Å². The average molecular weight is 305 g/mol. The zero-order chi connectivity index (χ0) is 15.4. The molecule has 3 rings (SSSR count). The highest BCUT2D eigenvalue weighted by molar-refractivity contribution is 5.56. The third kappa shape index (κ3) is 3.61. The first-order valence-electron chi connectivity index (χ1n) is 7.46. The van der Waals surface area contributed by atoms with Crippen LogP contribution in [0.3, 0.4) is 0 Å². The lowest BCUT2D eigenvalue weighted by Crippen LogP contribution is -2.45. The third-order valence-electron chi connectivity index (χ3n) is 3.84. The summed E-state index contributed by atoms with van der Waals surface area (Å²) in [6.45, 7) is 5.98. The minimum atomic E-state index is -0.354. The van der Waals surface area contributed by atoms with Gasteiger partial charge in [-0.1, -0.05) is 17.3 Å². The minimum Gasteiger partial charge on any atom is -0.336 e. The molecule has 0 bridgehead atoms. The van der Waals surface area contributed by atoms with Crippen LogP contribution in [-0.2, 0) is 0 Å². The summed E-state index contributed by atoms with van der Waals surface area (Å²) in [4.78, 5) is 8.89. The Morgan fingerprint density at radius 2 is 2.00 bits per heavy atom. The molecule has 22 heavy (non-hydrogen) atoms. The van der Waals surface area contributed by atoms with Crippen molar-refractivity contribution >= 4 is 6.01 Å². The van der Waals surface area contributed by atoms with Gasteiger partial charge in [0.15, 0.2) is 0 Å². The molecule has 118 valence electrons. The molecule has 7 heteroatoms. The SMILES string of the molecule is CN1CCN(CCNc2nc(-c3ccccc3F)no2)CC1. The molecule has 0 radical (unpaired) electrons. The van der Waals surface area contributed by atoms with Crippen molar-refractivity contribution in [2.24, 2.45) is 0 Å². The van der Waals surface area contributed by atoms with Crippen molar-refractivity contribution in [2.45, 2.75) is 0 Å². The van der Waals surface area contributed by atoms with Crippen molar-refractivity contribution in [3.63, 3.8) is 0 Å². The molecule has 1 aliphatic heterocycles. The number of halogens is 1. The van der Waals surface area contributed by atoms with Gasteiger partial charge >= 0.3 is 6.01 Å². The van der Waals surface area contributed by atoms with Crippen molar-refractivity contribution in [1.82, 2.24) is 19.9 Å². The van der Waals surface area contributed by atoms with E-state index in [9.17, 15) is 4.39 Å². The van der Waals surface area contributed by atoms with Gasteiger partial charge in [-0.05, 0) is 19.2 Å². The molecule has 1 aliphatic rings. The average Bonchev–Trinajstić information content (AvgIpc) is 2.98. The molecule has 6 nitrogen and oxygen atoms in total. The number of nitrogens with zero attached hydrogens (tertiary/aromatic N) is 4. The van der Waals surface area contributed by atoms with Crippen LogP contribution in [0, 0.1) is 5.82 Å². The van der Waals surface area contributed by atoms with Crippen LogP contribution in [0.5, 0.6) is 0 Å². The Morgan fingerprint density at radius 1 is 1.23 bits per heavy atom. The fourth-order valence-electron chi connectivity index (χ4n) is 2.44. The molecule has 0 amide bonds. The Labute approximate surface area is 128 Å². The molecule has 0 aliphatic carbocycles. The van der Waals surface area contributed by atoms with E-state index in [1.165, 1.54) is 6.07 Å². The lowest BCUT2D eigenvalue weighted by molar-refractivity contribution is 0.158. The van der Waals surface area contributed by atoms with E-state index in [0.29, 0.717) is 11.6 Å². The van der Waals surface area contributed by atoms with Crippen LogP contribution in [0.1, 0.15) is 0 Å². The summed E-state index contributed by atoms with van der Waals surface area (Å²) in [5, 5.41) is 6.91. The fraction of sp³-hybridized carbons (Fsp3) is 0.467. The first-order chi connectivity index (χ1) is 10.7. The predicted octanol–water partition coefficient (Wildman–Crippen LogP) is 1.53. The Balaban J connectivity index is 1.51. The highest BCUT2D eigenvalue weighted by atomic mass is 19.1. The maximum Gasteiger partial charge on any atom is 0.321 e. The second kappa shape index (κ2) is 6.85. The van der Waals surface area contributed by atoms with E-state index in [2.05, 4.69) is 32.3 Å². The normalized spacial score (nSPS) is 16.8. The third-order valence-corrected chi connectivity index (χ3v) is 3.84. The number of likely N-dealkylation sites (N-methyl/N-ethyl adjacent to an activating group) is 1. The Hall–Kier alpha value is -1.99. The Bertz CT molecular complexity index is 609. The summed E-state index contributed by atoms with van der Waals surface area (Å²) in [5.74, 6) is -0.0903. The molecule has 2 heterocycles. The van der Waals surface area contributed by atoms with Gasteiger partial charge in [0.25, 0.3) is 0 Å². The van der Waals surface area contributed by atoms with E-state index in [-0.39, 0.29) is 11.6 Å². The topological polar surface area (TPSA) is 57.4 Å². The van der Waals surface area contributed by atoms with E-state index in [1.54, 1.807) is 18.2 Å². The van der Waals surface area contributed by atoms with Crippen LogP contribution >= 0.6 is 0 Å². The number of benzene rings is 1. The molecule has 0 saturated carbocycles. The number of rotatable bonds is 5. The predicted molar refractivity (Wildman–Crippen MR) is 82.1 cm³/mol. The zero-order valence-corrected chi connectivity index (χ0v) is 12.6. The first kappa shape index (κ1) is 14.9. The van der Waals surface area contributed by atoms with E-state index in [0.717, 1.165) is 39.3 Å². The zero-order valence-electron chi connectivity index (χ0n) is 12.6. The maximum absolute atomic E-state index is 13.7. The van der Waals surface area contributed by atoms with Gasteiger partial charge in [0, 0.05) is 39.3 Å². The molecule has 1 aromatic heterocycles. The van der Waals surface area contributed by atoms with Crippen LogP contribution in [-0.4, -0.2) is 66.3 Å². The van der Waals surface area contributed by atoms with Gasteiger partial charge in [0.2, 0.25) is 5.82 Å². The van der Waals surface area contributed by atoms with Gasteiger partial charge in [-0.3, -0.25) is 4.90 Å². The number of anilines is 1. The molecule has 1 aromatic carbocycles. The summed E-state index contributed by atoms with van der Waals surface area (Å²) in [6.07, 6.45) is 0. The van der Waals surface area contributed by atoms with E-state index in [1.807, 2.05) is 0 Å². The molecular weight excluding hydrogens is 285 g/mol.